The highest BCUT2D eigenvalue weighted by molar-refractivity contribution is 6.31. The number of benzene rings is 3. The molecule has 0 spiro atoms. The fourth-order valence-corrected chi connectivity index (χ4v) is 3.18. The van der Waals surface area contributed by atoms with E-state index in [1.807, 2.05) is 0 Å². The van der Waals surface area contributed by atoms with Gasteiger partial charge in [-0.05, 0) is 23.8 Å². The third-order valence-corrected chi connectivity index (χ3v) is 4.40. The number of hydrogen-bond donors (Lipinski definition) is 3. The van der Waals surface area contributed by atoms with E-state index in [-0.39, 0.29) is 39.4 Å². The predicted molar refractivity (Wildman–Crippen MR) is 92.9 cm³/mol. The lowest BCUT2D eigenvalue weighted by atomic mass is 9.81. The van der Waals surface area contributed by atoms with Crippen molar-refractivity contribution in [1.29, 1.82) is 0 Å². The molecule has 0 amide bonds. The highest BCUT2D eigenvalue weighted by atomic mass is 16.3. The fraction of sp³-hybridized carbons (Fsp3) is 0. The maximum absolute atomic E-state index is 12.9. The number of nitrogen functional groups attached to an aromatic ring is 1. The molecule has 0 fully saturated rings. The van der Waals surface area contributed by atoms with Crippen molar-refractivity contribution < 1.29 is 19.8 Å². The molecule has 0 heterocycles. The summed E-state index contributed by atoms with van der Waals surface area (Å²) in [5.74, 6) is -1.02. The first-order valence-corrected chi connectivity index (χ1v) is 7.62. The maximum Gasteiger partial charge on any atom is 0.198 e. The minimum atomic E-state index is -0.424. The number of phenolic OH excluding ortho intramolecular Hbond substituents is 2. The largest absolute Gasteiger partial charge is 0.508 e. The highest BCUT2D eigenvalue weighted by Gasteiger charge is 2.34. The van der Waals surface area contributed by atoms with Crippen LogP contribution in [0.3, 0.4) is 0 Å². The van der Waals surface area contributed by atoms with Gasteiger partial charge < -0.3 is 15.9 Å². The van der Waals surface area contributed by atoms with Crippen molar-refractivity contribution in [3.05, 3.63) is 76.9 Å². The third-order valence-electron chi connectivity index (χ3n) is 4.40. The Balaban J connectivity index is 2.01. The lowest BCUT2D eigenvalue weighted by molar-refractivity contribution is 0.0977. The summed E-state index contributed by atoms with van der Waals surface area (Å²) >= 11 is 0. The third kappa shape index (κ3) is 2.10. The minimum Gasteiger partial charge on any atom is -0.508 e. The molecule has 0 saturated carbocycles. The summed E-state index contributed by atoms with van der Waals surface area (Å²) in [6.45, 7) is 0. The molecule has 0 saturated heterocycles. The second-order valence-electron chi connectivity index (χ2n) is 5.86. The van der Waals surface area contributed by atoms with Crippen molar-refractivity contribution in [2.45, 2.75) is 0 Å². The summed E-state index contributed by atoms with van der Waals surface area (Å²) in [5, 5.41) is 19.8. The lowest BCUT2D eigenvalue weighted by Gasteiger charge is -2.21. The van der Waals surface area contributed by atoms with Crippen LogP contribution in [-0.2, 0) is 0 Å². The summed E-state index contributed by atoms with van der Waals surface area (Å²) in [6, 6.07) is 14.0. The number of fused-ring (bicyclic) bond motifs is 2. The molecule has 0 atom stereocenters. The van der Waals surface area contributed by atoms with Crippen LogP contribution in [0.5, 0.6) is 11.5 Å². The number of aromatic hydroxyl groups is 2. The van der Waals surface area contributed by atoms with Crippen LogP contribution in [0.15, 0.2) is 54.6 Å². The Morgan fingerprint density at radius 3 is 1.88 bits per heavy atom. The molecular weight excluding hydrogens is 318 g/mol. The van der Waals surface area contributed by atoms with E-state index >= 15 is 0 Å². The number of ketones is 2. The number of rotatable bonds is 1. The Labute approximate surface area is 143 Å². The van der Waals surface area contributed by atoms with Gasteiger partial charge in [0, 0.05) is 16.7 Å². The molecule has 122 valence electrons. The average molecular weight is 331 g/mol. The first kappa shape index (κ1) is 15.0. The van der Waals surface area contributed by atoms with Crippen molar-refractivity contribution in [2.75, 3.05) is 5.73 Å². The van der Waals surface area contributed by atoms with Crippen LogP contribution in [0, 0.1) is 0 Å². The van der Waals surface area contributed by atoms with Crippen molar-refractivity contribution in [3.8, 4) is 22.6 Å². The summed E-state index contributed by atoms with van der Waals surface area (Å²) in [7, 11) is 0. The van der Waals surface area contributed by atoms with Gasteiger partial charge in [-0.25, -0.2) is 0 Å². The summed E-state index contributed by atoms with van der Waals surface area (Å²) < 4.78 is 0. The van der Waals surface area contributed by atoms with Gasteiger partial charge in [0.05, 0.1) is 16.8 Å². The zero-order valence-corrected chi connectivity index (χ0v) is 13.0. The van der Waals surface area contributed by atoms with Gasteiger partial charge in [0.25, 0.3) is 0 Å². The Morgan fingerprint density at radius 1 is 0.720 bits per heavy atom. The Morgan fingerprint density at radius 2 is 1.28 bits per heavy atom. The van der Waals surface area contributed by atoms with Crippen LogP contribution in [0.2, 0.25) is 0 Å². The maximum atomic E-state index is 12.9. The molecule has 25 heavy (non-hydrogen) atoms. The molecule has 4 rings (SSSR count). The summed E-state index contributed by atoms with van der Waals surface area (Å²) in [6.07, 6.45) is 0. The van der Waals surface area contributed by atoms with E-state index in [1.165, 1.54) is 18.2 Å². The highest BCUT2D eigenvalue weighted by Crippen LogP contribution is 2.41. The number of nitrogens with two attached hydrogens (primary N) is 1. The van der Waals surface area contributed by atoms with Crippen LogP contribution in [0.25, 0.3) is 11.1 Å². The van der Waals surface area contributed by atoms with Gasteiger partial charge in [-0.15, -0.1) is 0 Å². The molecule has 5 heteroatoms. The van der Waals surface area contributed by atoms with E-state index in [1.54, 1.807) is 36.4 Å². The van der Waals surface area contributed by atoms with Crippen LogP contribution in [-0.4, -0.2) is 21.8 Å². The topological polar surface area (TPSA) is 101 Å². The predicted octanol–water partition coefficient (Wildman–Crippen LogP) is 3.12. The molecule has 0 aromatic heterocycles. The Hall–Kier alpha value is -3.60. The first-order chi connectivity index (χ1) is 12.0. The quantitative estimate of drug-likeness (QED) is 0.367. The minimum absolute atomic E-state index is 0.0202. The molecule has 0 aliphatic heterocycles. The molecular formula is C20H13NO4. The summed E-state index contributed by atoms with van der Waals surface area (Å²) in [4.78, 5) is 25.6. The van der Waals surface area contributed by atoms with Gasteiger partial charge in [0.2, 0.25) is 0 Å². The van der Waals surface area contributed by atoms with Gasteiger partial charge in [-0.1, -0.05) is 36.4 Å². The van der Waals surface area contributed by atoms with Gasteiger partial charge in [0.15, 0.2) is 11.6 Å². The van der Waals surface area contributed by atoms with Crippen molar-refractivity contribution >= 4 is 17.3 Å². The van der Waals surface area contributed by atoms with Crippen LogP contribution >= 0.6 is 0 Å². The molecule has 1 aliphatic carbocycles. The van der Waals surface area contributed by atoms with Crippen LogP contribution < -0.4 is 5.73 Å². The van der Waals surface area contributed by atoms with Gasteiger partial charge in [0.1, 0.15) is 11.5 Å². The number of anilines is 1. The zero-order valence-electron chi connectivity index (χ0n) is 13.0. The molecule has 3 aromatic rings. The fourth-order valence-electron chi connectivity index (χ4n) is 3.18. The monoisotopic (exact) mass is 331 g/mol. The van der Waals surface area contributed by atoms with E-state index in [4.69, 9.17) is 5.73 Å². The number of hydrogen-bond acceptors (Lipinski definition) is 5. The lowest BCUT2D eigenvalue weighted by Crippen LogP contribution is -2.22. The van der Waals surface area contributed by atoms with Crippen molar-refractivity contribution in [2.24, 2.45) is 0 Å². The molecule has 0 radical (unpaired) electrons. The van der Waals surface area contributed by atoms with E-state index < -0.39 is 11.6 Å². The van der Waals surface area contributed by atoms with E-state index in [9.17, 15) is 19.8 Å². The Bertz CT molecular complexity index is 1050. The SMILES string of the molecule is Nc1c(-c2ccc(O)cc2)cc(O)c2c1C(=O)c1ccccc1C2=O. The van der Waals surface area contributed by atoms with Crippen LogP contribution in [0.4, 0.5) is 5.69 Å². The summed E-state index contributed by atoms with van der Waals surface area (Å²) in [5.41, 5.74) is 7.87. The second kappa shape index (κ2) is 5.21. The second-order valence-corrected chi connectivity index (χ2v) is 5.86. The standard InChI is InChI=1S/C20H13NO4/c21-18-14(10-5-7-11(22)8-6-10)9-15(23)16-17(18)20(25)13-4-2-1-3-12(13)19(16)24/h1-9,22-23H,21H2. The zero-order chi connectivity index (χ0) is 17.7. The van der Waals surface area contributed by atoms with Crippen LogP contribution in [0.1, 0.15) is 31.8 Å². The van der Waals surface area contributed by atoms with E-state index in [0.717, 1.165) is 0 Å². The smallest absolute Gasteiger partial charge is 0.198 e. The number of phenols is 2. The molecule has 0 unspecified atom stereocenters. The van der Waals surface area contributed by atoms with Gasteiger partial charge in [-0.3, -0.25) is 9.59 Å². The Kier molecular flexibility index (Phi) is 3.12. The van der Waals surface area contributed by atoms with Crippen molar-refractivity contribution in [3.63, 3.8) is 0 Å². The molecule has 1 aliphatic rings. The molecule has 3 aromatic carbocycles. The normalized spacial score (nSPS) is 12.6. The first-order valence-electron chi connectivity index (χ1n) is 7.62. The average Bonchev–Trinajstić information content (AvgIpc) is 2.62. The molecule has 5 nitrogen and oxygen atoms in total. The van der Waals surface area contributed by atoms with Gasteiger partial charge >= 0.3 is 0 Å². The molecule has 0 bridgehead atoms. The number of carbonyl (C=O) groups excluding carboxylic acids is 2. The number of carbonyl (C=O) groups is 2. The van der Waals surface area contributed by atoms with E-state index in [0.29, 0.717) is 11.1 Å². The molecule has 4 N–H and O–H groups in total. The van der Waals surface area contributed by atoms with E-state index in [2.05, 4.69) is 0 Å². The van der Waals surface area contributed by atoms with Crippen molar-refractivity contribution in [1.82, 2.24) is 0 Å². The van der Waals surface area contributed by atoms with Gasteiger partial charge in [-0.2, -0.15) is 0 Å².